The number of carbonyl (C=O) groups excluding carboxylic acids is 1. The van der Waals surface area contributed by atoms with Crippen molar-refractivity contribution in [3.05, 3.63) is 106 Å². The molecule has 5 heteroatoms. The van der Waals surface area contributed by atoms with Crippen LogP contribution < -0.4 is 4.74 Å². The first kappa shape index (κ1) is 26.2. The van der Waals surface area contributed by atoms with Crippen LogP contribution in [0.5, 0.6) is 5.75 Å². The lowest BCUT2D eigenvalue weighted by molar-refractivity contribution is -0.112. The first-order valence-corrected chi connectivity index (χ1v) is 13.3. The van der Waals surface area contributed by atoms with Crippen molar-refractivity contribution >= 4 is 17.8 Å². The topological polar surface area (TPSA) is 71.7 Å². The highest BCUT2D eigenvalue weighted by Gasteiger charge is 2.31. The molecule has 0 amide bonds. The van der Waals surface area contributed by atoms with Crippen LogP contribution in [0.15, 0.2) is 88.6 Å². The molecule has 2 aliphatic rings. The number of allylic oxidation sites excluding steroid dienone is 2. The Bertz CT molecular complexity index is 1570. The Labute approximate surface area is 230 Å². The summed E-state index contributed by atoms with van der Waals surface area (Å²) >= 11 is 0. The molecule has 0 saturated carbocycles. The predicted octanol–water partition coefficient (Wildman–Crippen LogP) is 7.25. The Balaban J connectivity index is 1.47. The fourth-order valence-electron chi connectivity index (χ4n) is 5.27. The Morgan fingerprint density at radius 3 is 2.59 bits per heavy atom. The van der Waals surface area contributed by atoms with Crippen molar-refractivity contribution in [1.82, 2.24) is 0 Å². The quantitative estimate of drug-likeness (QED) is 0.324. The van der Waals surface area contributed by atoms with Crippen molar-refractivity contribution in [2.75, 3.05) is 7.11 Å². The Morgan fingerprint density at radius 1 is 1.10 bits per heavy atom. The van der Waals surface area contributed by atoms with Crippen LogP contribution in [0.4, 0.5) is 0 Å². The number of nitriles is 1. The first-order chi connectivity index (χ1) is 18.8. The molecule has 0 unspecified atom stereocenters. The maximum Gasteiger partial charge on any atom is 0.224 e. The molecule has 0 radical (unpaired) electrons. The third kappa shape index (κ3) is 5.42. The van der Waals surface area contributed by atoms with Gasteiger partial charge in [0.1, 0.15) is 11.4 Å². The molecule has 5 rings (SSSR count). The van der Waals surface area contributed by atoms with E-state index in [1.54, 1.807) is 7.11 Å². The minimum atomic E-state index is -0.231. The average Bonchev–Trinajstić information content (AvgIpc) is 3.25. The Morgan fingerprint density at radius 2 is 1.87 bits per heavy atom. The average molecular weight is 517 g/mol. The van der Waals surface area contributed by atoms with E-state index in [-0.39, 0.29) is 11.4 Å². The first-order valence-electron chi connectivity index (χ1n) is 13.3. The van der Waals surface area contributed by atoms with Crippen LogP contribution in [0.3, 0.4) is 0 Å². The van der Waals surface area contributed by atoms with E-state index in [2.05, 4.69) is 32.9 Å². The molecule has 0 aliphatic carbocycles. The van der Waals surface area contributed by atoms with Crippen LogP contribution in [0.1, 0.15) is 55.9 Å². The molecule has 0 N–H and O–H groups in total. The van der Waals surface area contributed by atoms with Gasteiger partial charge >= 0.3 is 0 Å². The van der Waals surface area contributed by atoms with Gasteiger partial charge in [-0.25, -0.2) is 4.99 Å². The number of methoxy groups -OCH3 is 1. The summed E-state index contributed by atoms with van der Waals surface area (Å²) in [6.07, 6.45) is 4.73. The van der Waals surface area contributed by atoms with E-state index >= 15 is 0 Å². The number of Topliss-reactive ketones (excluding diaryl/α,β-unsaturated/α-hetero) is 1. The monoisotopic (exact) mass is 516 g/mol. The second-order valence-corrected chi connectivity index (χ2v) is 10.6. The molecular formula is C34H32N2O3. The van der Waals surface area contributed by atoms with Crippen molar-refractivity contribution < 1.29 is 14.3 Å². The molecule has 0 atom stereocenters. The second-order valence-electron chi connectivity index (χ2n) is 10.6. The Kier molecular flexibility index (Phi) is 7.21. The number of ketones is 1. The van der Waals surface area contributed by atoms with E-state index in [4.69, 9.17) is 14.5 Å². The maximum atomic E-state index is 13.9. The van der Waals surface area contributed by atoms with Gasteiger partial charge in [-0.2, -0.15) is 5.26 Å². The Hall–Kier alpha value is -4.43. The van der Waals surface area contributed by atoms with E-state index in [9.17, 15) is 10.1 Å². The highest BCUT2D eigenvalue weighted by Crippen LogP contribution is 2.36. The number of aliphatic imine (C=N–C) groups is 1. The zero-order valence-electron chi connectivity index (χ0n) is 22.9. The van der Waals surface area contributed by atoms with Gasteiger partial charge in [-0.1, -0.05) is 61.9 Å². The second kappa shape index (κ2) is 10.7. The van der Waals surface area contributed by atoms with Crippen molar-refractivity contribution in [1.29, 1.82) is 5.26 Å². The van der Waals surface area contributed by atoms with Crippen molar-refractivity contribution in [2.24, 2.45) is 4.99 Å². The maximum absolute atomic E-state index is 13.9. The lowest BCUT2D eigenvalue weighted by Gasteiger charge is -2.20. The number of hydrogen-bond acceptors (Lipinski definition) is 5. The SMILES string of the molecule is CCCC1=C(Cc2ccc(-c3ccccc3C#N)cc2)C(=O)/C(=C\c2ccc3c(c2)CC(C)(C)O3)C(OC)=N1. The van der Waals surface area contributed by atoms with Gasteiger partial charge in [0, 0.05) is 18.4 Å². The number of carbonyl (C=O) groups is 1. The van der Waals surface area contributed by atoms with Crippen molar-refractivity contribution in [3.63, 3.8) is 0 Å². The fraction of sp³-hybridized carbons (Fsp3) is 0.265. The number of fused-ring (bicyclic) bond motifs is 1. The molecule has 0 fully saturated rings. The van der Waals surface area contributed by atoms with Crippen LogP contribution in [-0.4, -0.2) is 24.4 Å². The van der Waals surface area contributed by atoms with E-state index in [1.165, 1.54) is 0 Å². The summed E-state index contributed by atoms with van der Waals surface area (Å²) in [4.78, 5) is 18.8. The number of benzene rings is 3. The van der Waals surface area contributed by atoms with Crippen molar-refractivity contribution in [2.45, 2.75) is 52.1 Å². The lowest BCUT2D eigenvalue weighted by Crippen LogP contribution is -2.24. The highest BCUT2D eigenvalue weighted by molar-refractivity contribution is 6.30. The molecule has 0 aromatic heterocycles. The molecule has 3 aromatic rings. The minimum absolute atomic E-state index is 0.0544. The van der Waals surface area contributed by atoms with E-state index in [0.29, 0.717) is 35.4 Å². The molecule has 5 nitrogen and oxygen atoms in total. The number of rotatable bonds is 6. The van der Waals surface area contributed by atoms with Crippen LogP contribution in [0, 0.1) is 11.3 Å². The molecule has 39 heavy (non-hydrogen) atoms. The predicted molar refractivity (Wildman–Crippen MR) is 155 cm³/mol. The summed E-state index contributed by atoms with van der Waals surface area (Å²) < 4.78 is 11.6. The lowest BCUT2D eigenvalue weighted by atomic mass is 9.89. The van der Waals surface area contributed by atoms with E-state index in [1.807, 2.05) is 66.7 Å². The molecular weight excluding hydrogens is 484 g/mol. The van der Waals surface area contributed by atoms with Crippen LogP contribution in [-0.2, 0) is 22.4 Å². The van der Waals surface area contributed by atoms with Gasteiger partial charge in [-0.05, 0) is 72.4 Å². The van der Waals surface area contributed by atoms with E-state index in [0.717, 1.165) is 52.1 Å². The van der Waals surface area contributed by atoms with Gasteiger partial charge in [0.15, 0.2) is 5.78 Å². The van der Waals surface area contributed by atoms with Gasteiger partial charge in [-0.3, -0.25) is 4.79 Å². The normalized spacial score (nSPS) is 16.9. The molecule has 2 heterocycles. The van der Waals surface area contributed by atoms with Gasteiger partial charge < -0.3 is 9.47 Å². The molecule has 3 aromatic carbocycles. The third-order valence-electron chi connectivity index (χ3n) is 7.11. The third-order valence-corrected chi connectivity index (χ3v) is 7.11. The zero-order valence-corrected chi connectivity index (χ0v) is 22.9. The van der Waals surface area contributed by atoms with Crippen LogP contribution >= 0.6 is 0 Å². The molecule has 0 saturated heterocycles. The zero-order chi connectivity index (χ0) is 27.6. The summed E-state index contributed by atoms with van der Waals surface area (Å²) in [6, 6.07) is 23.9. The summed E-state index contributed by atoms with van der Waals surface area (Å²) in [7, 11) is 1.56. The summed E-state index contributed by atoms with van der Waals surface area (Å²) in [5, 5.41) is 9.47. The highest BCUT2D eigenvalue weighted by atomic mass is 16.5. The number of nitrogens with zero attached hydrogens (tertiary/aromatic N) is 2. The smallest absolute Gasteiger partial charge is 0.224 e. The molecule has 0 spiro atoms. The number of hydrogen-bond donors (Lipinski definition) is 0. The summed E-state index contributed by atoms with van der Waals surface area (Å²) in [5.41, 5.74) is 7.27. The van der Waals surface area contributed by atoms with Gasteiger partial charge in [0.05, 0.1) is 30.0 Å². The minimum Gasteiger partial charge on any atom is -0.487 e. The van der Waals surface area contributed by atoms with Crippen LogP contribution in [0.2, 0.25) is 0 Å². The molecule has 2 aliphatic heterocycles. The van der Waals surface area contributed by atoms with Gasteiger partial charge in [0.25, 0.3) is 0 Å². The van der Waals surface area contributed by atoms with Gasteiger partial charge in [-0.15, -0.1) is 0 Å². The fourth-order valence-corrected chi connectivity index (χ4v) is 5.27. The van der Waals surface area contributed by atoms with Crippen molar-refractivity contribution in [3.8, 4) is 22.9 Å². The van der Waals surface area contributed by atoms with Crippen LogP contribution in [0.25, 0.3) is 17.2 Å². The standard InChI is InChI=1S/C34H32N2O3/c1-5-8-30-28(18-22-11-14-24(15-12-22)27-10-7-6-9-25(27)21-35)32(37)29(33(36-30)38-4)19-23-13-16-31-26(17-23)20-34(2,3)39-31/h6-7,9-17,19H,5,8,18,20H2,1-4H3/b29-19+. The largest absolute Gasteiger partial charge is 0.487 e. The summed E-state index contributed by atoms with van der Waals surface area (Å²) in [6.45, 7) is 6.23. The number of ether oxygens (including phenoxy) is 2. The van der Waals surface area contributed by atoms with E-state index < -0.39 is 0 Å². The van der Waals surface area contributed by atoms with Gasteiger partial charge in [0.2, 0.25) is 5.90 Å². The molecule has 0 bridgehead atoms. The molecule has 196 valence electrons. The summed E-state index contributed by atoms with van der Waals surface area (Å²) in [5.74, 6) is 1.19.